The van der Waals surface area contributed by atoms with E-state index >= 15 is 0 Å². The number of halogens is 1. The fraction of sp³-hybridized carbons (Fsp3) is 0.364. The largest absolute Gasteiger partial charge is 0.466 e. The van der Waals surface area contributed by atoms with E-state index in [0.717, 1.165) is 10.9 Å². The van der Waals surface area contributed by atoms with Crippen molar-refractivity contribution >= 4 is 21.9 Å². The molecule has 0 unspecified atom stereocenters. The highest BCUT2D eigenvalue weighted by Crippen LogP contribution is 2.28. The minimum atomic E-state index is -0.0795. The molecule has 14 heavy (non-hydrogen) atoms. The Labute approximate surface area is 91.4 Å². The van der Waals surface area contributed by atoms with Gasteiger partial charge >= 0.3 is 5.97 Å². The van der Waals surface area contributed by atoms with Gasteiger partial charge in [0.15, 0.2) is 0 Å². The van der Waals surface area contributed by atoms with Crippen LogP contribution in [0.2, 0.25) is 0 Å². The number of hydrogen-bond donors (Lipinski definition) is 0. The molecule has 1 aliphatic heterocycles. The number of carbonyl (C=O) groups is 1. The maximum absolute atomic E-state index is 11.1. The molecular formula is C11H11BrO2. The van der Waals surface area contributed by atoms with E-state index in [1.165, 1.54) is 5.56 Å². The van der Waals surface area contributed by atoms with Gasteiger partial charge < -0.3 is 4.74 Å². The standard InChI is InChI=1S/C11H11BrO2/c12-10-3-1-8(2-4-10)9-5-6-14-11(13)7-9/h1-4,9H,5-7H2/t9-/m1/s1. The summed E-state index contributed by atoms with van der Waals surface area (Å²) >= 11 is 3.39. The average molecular weight is 255 g/mol. The van der Waals surface area contributed by atoms with Crippen molar-refractivity contribution in [3.63, 3.8) is 0 Å². The average Bonchev–Trinajstić information content (AvgIpc) is 2.19. The van der Waals surface area contributed by atoms with Crippen molar-refractivity contribution in [1.29, 1.82) is 0 Å². The maximum Gasteiger partial charge on any atom is 0.306 e. The van der Waals surface area contributed by atoms with E-state index < -0.39 is 0 Å². The molecule has 1 aromatic carbocycles. The van der Waals surface area contributed by atoms with Gasteiger partial charge in [0.25, 0.3) is 0 Å². The lowest BCUT2D eigenvalue weighted by Gasteiger charge is -2.21. The summed E-state index contributed by atoms with van der Waals surface area (Å²) < 4.78 is 5.97. The molecule has 0 aliphatic carbocycles. The number of cyclic esters (lactones) is 1. The maximum atomic E-state index is 11.1. The van der Waals surface area contributed by atoms with Gasteiger partial charge in [-0.05, 0) is 30.0 Å². The van der Waals surface area contributed by atoms with Crippen LogP contribution in [0.1, 0.15) is 24.3 Å². The van der Waals surface area contributed by atoms with Crippen molar-refractivity contribution in [3.05, 3.63) is 34.3 Å². The molecule has 0 saturated carbocycles. The Morgan fingerprint density at radius 3 is 2.64 bits per heavy atom. The summed E-state index contributed by atoms with van der Waals surface area (Å²) in [6, 6.07) is 8.14. The van der Waals surface area contributed by atoms with E-state index in [1.807, 2.05) is 12.1 Å². The molecule has 1 fully saturated rings. The summed E-state index contributed by atoms with van der Waals surface area (Å²) in [4.78, 5) is 11.1. The summed E-state index contributed by atoms with van der Waals surface area (Å²) in [7, 11) is 0. The first-order valence-electron chi connectivity index (χ1n) is 4.67. The fourth-order valence-electron chi connectivity index (χ4n) is 1.70. The molecule has 0 amide bonds. The number of rotatable bonds is 1. The first-order valence-corrected chi connectivity index (χ1v) is 5.46. The predicted molar refractivity (Wildman–Crippen MR) is 57.1 cm³/mol. The van der Waals surface area contributed by atoms with Crippen molar-refractivity contribution in [1.82, 2.24) is 0 Å². The zero-order valence-electron chi connectivity index (χ0n) is 7.70. The zero-order valence-corrected chi connectivity index (χ0v) is 9.29. The number of carbonyl (C=O) groups excluding carboxylic acids is 1. The Balaban J connectivity index is 2.14. The van der Waals surface area contributed by atoms with Gasteiger partial charge in [0.05, 0.1) is 13.0 Å². The molecular weight excluding hydrogens is 244 g/mol. The highest BCUT2D eigenvalue weighted by molar-refractivity contribution is 9.10. The molecule has 2 rings (SSSR count). The van der Waals surface area contributed by atoms with Gasteiger partial charge in [0.2, 0.25) is 0 Å². The third-order valence-corrected chi connectivity index (χ3v) is 3.01. The molecule has 0 spiro atoms. The smallest absolute Gasteiger partial charge is 0.306 e. The van der Waals surface area contributed by atoms with Crippen molar-refractivity contribution in [3.8, 4) is 0 Å². The Bertz CT molecular complexity index is 332. The van der Waals surface area contributed by atoms with Crippen molar-refractivity contribution in [2.75, 3.05) is 6.61 Å². The summed E-state index contributed by atoms with van der Waals surface area (Å²) in [5.74, 6) is 0.258. The minimum Gasteiger partial charge on any atom is -0.466 e. The lowest BCUT2D eigenvalue weighted by molar-refractivity contribution is -0.147. The third kappa shape index (κ3) is 2.15. The number of hydrogen-bond acceptors (Lipinski definition) is 2. The Kier molecular flexibility index (Phi) is 2.87. The first kappa shape index (κ1) is 9.71. The first-order chi connectivity index (χ1) is 6.75. The molecule has 1 heterocycles. The molecule has 0 radical (unpaired) electrons. The lowest BCUT2D eigenvalue weighted by Crippen LogP contribution is -2.19. The molecule has 1 atom stereocenters. The van der Waals surface area contributed by atoms with Crippen LogP contribution in [0.25, 0.3) is 0 Å². The van der Waals surface area contributed by atoms with E-state index in [0.29, 0.717) is 18.9 Å². The predicted octanol–water partition coefficient (Wildman–Crippen LogP) is 2.87. The monoisotopic (exact) mass is 254 g/mol. The van der Waals surface area contributed by atoms with Gasteiger partial charge in [-0.3, -0.25) is 4.79 Å². The van der Waals surface area contributed by atoms with Gasteiger partial charge in [-0.15, -0.1) is 0 Å². The Hall–Kier alpha value is -0.830. The van der Waals surface area contributed by atoms with Crippen molar-refractivity contribution < 1.29 is 9.53 Å². The van der Waals surface area contributed by atoms with Crippen LogP contribution in [0.4, 0.5) is 0 Å². The van der Waals surface area contributed by atoms with Gasteiger partial charge in [-0.2, -0.15) is 0 Å². The molecule has 1 aliphatic rings. The number of ether oxygens (including phenoxy) is 1. The highest BCUT2D eigenvalue weighted by atomic mass is 79.9. The van der Waals surface area contributed by atoms with Crippen LogP contribution >= 0.6 is 15.9 Å². The molecule has 0 aromatic heterocycles. The molecule has 0 N–H and O–H groups in total. The summed E-state index contributed by atoms with van der Waals surface area (Å²) in [5, 5.41) is 0. The van der Waals surface area contributed by atoms with Crippen molar-refractivity contribution in [2.45, 2.75) is 18.8 Å². The third-order valence-electron chi connectivity index (χ3n) is 2.48. The van der Waals surface area contributed by atoms with Crippen LogP contribution in [-0.2, 0) is 9.53 Å². The van der Waals surface area contributed by atoms with Crippen LogP contribution in [0.5, 0.6) is 0 Å². The van der Waals surface area contributed by atoms with Gasteiger partial charge in [0.1, 0.15) is 0 Å². The SMILES string of the molecule is O=C1C[C@H](c2ccc(Br)cc2)CCO1. The molecule has 1 aromatic rings. The zero-order chi connectivity index (χ0) is 9.97. The van der Waals surface area contributed by atoms with Gasteiger partial charge in [-0.1, -0.05) is 28.1 Å². The number of esters is 1. The molecule has 0 bridgehead atoms. The lowest BCUT2D eigenvalue weighted by atomic mass is 9.92. The van der Waals surface area contributed by atoms with E-state index in [-0.39, 0.29) is 5.97 Å². The molecule has 3 heteroatoms. The summed E-state index contributed by atoms with van der Waals surface area (Å²) in [5.41, 5.74) is 1.23. The fourth-order valence-corrected chi connectivity index (χ4v) is 1.96. The van der Waals surface area contributed by atoms with Gasteiger partial charge in [0, 0.05) is 4.47 Å². The van der Waals surface area contributed by atoms with E-state index in [4.69, 9.17) is 4.74 Å². The second-order valence-corrected chi connectivity index (χ2v) is 4.38. The highest BCUT2D eigenvalue weighted by Gasteiger charge is 2.21. The van der Waals surface area contributed by atoms with Crippen LogP contribution in [0.3, 0.4) is 0 Å². The number of benzene rings is 1. The Morgan fingerprint density at radius 2 is 2.00 bits per heavy atom. The van der Waals surface area contributed by atoms with Gasteiger partial charge in [-0.25, -0.2) is 0 Å². The van der Waals surface area contributed by atoms with E-state index in [2.05, 4.69) is 28.1 Å². The van der Waals surface area contributed by atoms with Crippen LogP contribution in [0.15, 0.2) is 28.7 Å². The normalized spacial score (nSPS) is 21.8. The van der Waals surface area contributed by atoms with Crippen LogP contribution in [0, 0.1) is 0 Å². The van der Waals surface area contributed by atoms with Crippen LogP contribution in [-0.4, -0.2) is 12.6 Å². The second kappa shape index (κ2) is 4.13. The minimum absolute atomic E-state index is 0.0795. The summed E-state index contributed by atoms with van der Waals surface area (Å²) in [6.45, 7) is 0.555. The van der Waals surface area contributed by atoms with Crippen molar-refractivity contribution in [2.24, 2.45) is 0 Å². The quantitative estimate of drug-likeness (QED) is 0.721. The van der Waals surface area contributed by atoms with E-state index in [9.17, 15) is 4.79 Å². The summed E-state index contributed by atoms with van der Waals surface area (Å²) in [6.07, 6.45) is 1.45. The van der Waals surface area contributed by atoms with E-state index in [1.54, 1.807) is 0 Å². The van der Waals surface area contributed by atoms with Crippen LogP contribution < -0.4 is 0 Å². The molecule has 2 nitrogen and oxygen atoms in total. The topological polar surface area (TPSA) is 26.3 Å². The second-order valence-electron chi connectivity index (χ2n) is 3.46. The Morgan fingerprint density at radius 1 is 1.29 bits per heavy atom. The molecule has 1 saturated heterocycles. The molecule has 74 valence electrons.